The molecule has 0 unspecified atom stereocenters. The van der Waals surface area contributed by atoms with Crippen molar-refractivity contribution in [2.24, 2.45) is 0 Å². The molecule has 0 atom stereocenters. The second-order valence-electron chi connectivity index (χ2n) is 3.33. The van der Waals surface area contributed by atoms with E-state index in [1.165, 1.54) is 0 Å². The van der Waals surface area contributed by atoms with Gasteiger partial charge in [-0.15, -0.1) is 0 Å². The molecule has 0 aliphatic rings. The van der Waals surface area contributed by atoms with Gasteiger partial charge in [-0.2, -0.15) is 0 Å². The number of rotatable bonds is 6. The Morgan fingerprint density at radius 1 is 1.29 bits per heavy atom. The predicted molar refractivity (Wildman–Crippen MR) is 72.5 cm³/mol. The molecule has 0 N–H and O–H groups in total. The molecule has 0 spiro atoms. The molecule has 0 radical (unpaired) electrons. The van der Waals surface area contributed by atoms with E-state index in [4.69, 9.17) is 14.2 Å². The van der Waals surface area contributed by atoms with E-state index in [2.05, 4.69) is 22.6 Å². The highest BCUT2D eigenvalue weighted by Gasteiger charge is 2.09. The van der Waals surface area contributed by atoms with Crippen molar-refractivity contribution >= 4 is 28.6 Å². The molecule has 1 aromatic carbocycles. The molecule has 1 rings (SSSR count). The molecule has 0 aromatic heterocycles. The number of ether oxygens (including phenoxy) is 3. The Balaban J connectivity index is 2.54. The van der Waals surface area contributed by atoms with Crippen LogP contribution < -0.4 is 4.74 Å². The zero-order chi connectivity index (χ0) is 12.7. The fourth-order valence-electron chi connectivity index (χ4n) is 1.24. The molecule has 94 valence electrons. The van der Waals surface area contributed by atoms with E-state index in [9.17, 15) is 4.79 Å². The summed E-state index contributed by atoms with van der Waals surface area (Å²) in [6, 6.07) is 5.20. The molecule has 0 fully saturated rings. The van der Waals surface area contributed by atoms with Crippen LogP contribution in [0.3, 0.4) is 0 Å². The van der Waals surface area contributed by atoms with Crippen LogP contribution in [0.2, 0.25) is 0 Å². The van der Waals surface area contributed by atoms with Crippen LogP contribution in [0.1, 0.15) is 16.8 Å². The fourth-order valence-corrected chi connectivity index (χ4v) is 1.98. The van der Waals surface area contributed by atoms with E-state index in [-0.39, 0.29) is 5.97 Å². The van der Waals surface area contributed by atoms with Crippen LogP contribution in [0.5, 0.6) is 5.75 Å². The summed E-state index contributed by atoms with van der Waals surface area (Å²) in [6.07, 6.45) is 0.704. The average Bonchev–Trinajstić information content (AvgIpc) is 2.34. The van der Waals surface area contributed by atoms with Gasteiger partial charge in [-0.25, -0.2) is 4.79 Å². The molecule has 0 saturated heterocycles. The molecule has 5 heteroatoms. The minimum Gasteiger partial charge on any atom is -0.496 e. The molecule has 0 bridgehead atoms. The van der Waals surface area contributed by atoms with Gasteiger partial charge < -0.3 is 14.2 Å². The highest BCUT2D eigenvalue weighted by atomic mass is 127. The number of methoxy groups -OCH3 is 2. The third kappa shape index (κ3) is 4.51. The Labute approximate surface area is 114 Å². The van der Waals surface area contributed by atoms with Crippen LogP contribution in [-0.4, -0.2) is 33.4 Å². The van der Waals surface area contributed by atoms with Gasteiger partial charge in [0.2, 0.25) is 0 Å². The number of carbonyl (C=O) groups is 1. The molecule has 0 amide bonds. The van der Waals surface area contributed by atoms with Crippen molar-refractivity contribution in [1.29, 1.82) is 0 Å². The van der Waals surface area contributed by atoms with Gasteiger partial charge in [0.05, 0.1) is 22.9 Å². The van der Waals surface area contributed by atoms with Crippen LogP contribution in [0.4, 0.5) is 0 Å². The second kappa shape index (κ2) is 7.50. The van der Waals surface area contributed by atoms with Crippen molar-refractivity contribution in [3.05, 3.63) is 27.3 Å². The summed E-state index contributed by atoms with van der Waals surface area (Å²) in [4.78, 5) is 11.7. The van der Waals surface area contributed by atoms with Crippen molar-refractivity contribution in [1.82, 2.24) is 0 Å². The minimum absolute atomic E-state index is 0.318. The summed E-state index contributed by atoms with van der Waals surface area (Å²) in [6.45, 7) is 0.961. The summed E-state index contributed by atoms with van der Waals surface area (Å²) in [5.74, 6) is 0.434. The Kier molecular flexibility index (Phi) is 6.28. The van der Waals surface area contributed by atoms with E-state index in [0.717, 1.165) is 9.32 Å². The lowest BCUT2D eigenvalue weighted by molar-refractivity contribution is 0.0468. The lowest BCUT2D eigenvalue weighted by Crippen LogP contribution is -2.08. The van der Waals surface area contributed by atoms with Gasteiger partial charge in [0.25, 0.3) is 0 Å². The highest BCUT2D eigenvalue weighted by Crippen LogP contribution is 2.21. The minimum atomic E-state index is -0.318. The largest absolute Gasteiger partial charge is 0.496 e. The molecule has 0 heterocycles. The number of esters is 1. The third-order valence-electron chi connectivity index (χ3n) is 2.11. The smallest absolute Gasteiger partial charge is 0.338 e. The normalized spacial score (nSPS) is 10.1. The number of carbonyl (C=O) groups excluding carboxylic acids is 1. The van der Waals surface area contributed by atoms with Crippen molar-refractivity contribution in [3.8, 4) is 5.75 Å². The van der Waals surface area contributed by atoms with Crippen molar-refractivity contribution in [2.75, 3.05) is 27.4 Å². The average molecular weight is 350 g/mol. The van der Waals surface area contributed by atoms with E-state index < -0.39 is 0 Å². The van der Waals surface area contributed by atoms with Crippen LogP contribution in [0.25, 0.3) is 0 Å². The van der Waals surface area contributed by atoms with E-state index >= 15 is 0 Å². The molecule has 0 aliphatic carbocycles. The number of benzene rings is 1. The maximum Gasteiger partial charge on any atom is 0.338 e. The fraction of sp³-hybridized carbons (Fsp3) is 0.417. The molecular formula is C12H15IO4. The number of hydrogen-bond acceptors (Lipinski definition) is 4. The van der Waals surface area contributed by atoms with E-state index in [1.807, 2.05) is 0 Å². The molecule has 4 nitrogen and oxygen atoms in total. The first kappa shape index (κ1) is 14.2. The van der Waals surface area contributed by atoms with Crippen molar-refractivity contribution < 1.29 is 19.0 Å². The maximum absolute atomic E-state index is 11.7. The van der Waals surface area contributed by atoms with Gasteiger partial charge in [-0.3, -0.25) is 0 Å². The first-order chi connectivity index (χ1) is 8.19. The zero-order valence-corrected chi connectivity index (χ0v) is 12.0. The summed E-state index contributed by atoms with van der Waals surface area (Å²) >= 11 is 2.12. The molecule has 17 heavy (non-hydrogen) atoms. The molecule has 1 aromatic rings. The summed E-state index contributed by atoms with van der Waals surface area (Å²) in [5, 5.41) is 0. The SMILES string of the molecule is COCCCOC(=O)c1ccc(OC)c(I)c1. The molecule has 0 aliphatic heterocycles. The van der Waals surface area contributed by atoms with Gasteiger partial charge in [0, 0.05) is 20.1 Å². The van der Waals surface area contributed by atoms with E-state index in [1.54, 1.807) is 32.4 Å². The summed E-state index contributed by atoms with van der Waals surface area (Å²) < 4.78 is 16.0. The lowest BCUT2D eigenvalue weighted by atomic mass is 10.2. The summed E-state index contributed by atoms with van der Waals surface area (Å²) in [5.41, 5.74) is 0.535. The monoisotopic (exact) mass is 350 g/mol. The predicted octanol–water partition coefficient (Wildman–Crippen LogP) is 2.49. The standard InChI is InChI=1S/C12H15IO4/c1-15-6-3-7-17-12(14)9-4-5-11(16-2)10(13)8-9/h4-5,8H,3,6-7H2,1-2H3. The Bertz CT molecular complexity index is 379. The first-order valence-corrected chi connectivity index (χ1v) is 6.26. The zero-order valence-electron chi connectivity index (χ0n) is 9.86. The van der Waals surface area contributed by atoms with Gasteiger partial charge in [0.15, 0.2) is 0 Å². The Morgan fingerprint density at radius 2 is 2.06 bits per heavy atom. The number of halogens is 1. The van der Waals surface area contributed by atoms with Crippen molar-refractivity contribution in [2.45, 2.75) is 6.42 Å². The van der Waals surface area contributed by atoms with E-state index in [0.29, 0.717) is 25.2 Å². The number of hydrogen-bond donors (Lipinski definition) is 0. The first-order valence-electron chi connectivity index (χ1n) is 5.18. The molecule has 0 saturated carbocycles. The lowest BCUT2D eigenvalue weighted by Gasteiger charge is -2.07. The second-order valence-corrected chi connectivity index (χ2v) is 4.49. The third-order valence-corrected chi connectivity index (χ3v) is 2.96. The van der Waals surface area contributed by atoms with Gasteiger partial charge in [-0.05, 0) is 40.8 Å². The van der Waals surface area contributed by atoms with Crippen molar-refractivity contribution in [3.63, 3.8) is 0 Å². The Hall–Kier alpha value is -0.820. The van der Waals surface area contributed by atoms with Gasteiger partial charge >= 0.3 is 5.97 Å². The van der Waals surface area contributed by atoms with Gasteiger partial charge in [-0.1, -0.05) is 0 Å². The summed E-state index contributed by atoms with van der Waals surface area (Å²) in [7, 11) is 3.22. The maximum atomic E-state index is 11.7. The van der Waals surface area contributed by atoms with Crippen LogP contribution in [0, 0.1) is 3.57 Å². The topological polar surface area (TPSA) is 44.8 Å². The van der Waals surface area contributed by atoms with Gasteiger partial charge in [0.1, 0.15) is 5.75 Å². The molecular weight excluding hydrogens is 335 g/mol. The Morgan fingerprint density at radius 3 is 2.65 bits per heavy atom. The highest BCUT2D eigenvalue weighted by molar-refractivity contribution is 14.1. The quantitative estimate of drug-likeness (QED) is 0.449. The van der Waals surface area contributed by atoms with Crippen LogP contribution in [-0.2, 0) is 9.47 Å². The van der Waals surface area contributed by atoms with Crippen LogP contribution in [0.15, 0.2) is 18.2 Å². The van der Waals surface area contributed by atoms with Crippen LogP contribution >= 0.6 is 22.6 Å².